The van der Waals surface area contributed by atoms with Crippen molar-refractivity contribution in [3.05, 3.63) is 5.28 Å². The predicted octanol–water partition coefficient (Wildman–Crippen LogP) is 2.30. The van der Waals surface area contributed by atoms with Crippen molar-refractivity contribution in [2.24, 2.45) is 0 Å². The van der Waals surface area contributed by atoms with Crippen molar-refractivity contribution < 1.29 is 4.74 Å². The van der Waals surface area contributed by atoms with Crippen LogP contribution in [0.5, 0.6) is 6.01 Å². The summed E-state index contributed by atoms with van der Waals surface area (Å²) in [5.74, 6) is 0.588. The average molecular weight is 257 g/mol. The van der Waals surface area contributed by atoms with Crippen molar-refractivity contribution in [1.29, 1.82) is 0 Å². The van der Waals surface area contributed by atoms with Gasteiger partial charge in [-0.3, -0.25) is 0 Å². The van der Waals surface area contributed by atoms with E-state index in [1.54, 1.807) is 0 Å². The highest BCUT2D eigenvalue weighted by Crippen LogP contribution is 2.27. The second kappa shape index (κ2) is 5.04. The number of aromatic nitrogens is 3. The lowest BCUT2D eigenvalue weighted by atomic mass is 9.92. The molecule has 1 aromatic rings. The zero-order valence-corrected chi connectivity index (χ0v) is 11.1. The molecule has 1 fully saturated rings. The van der Waals surface area contributed by atoms with Crippen molar-refractivity contribution in [3.8, 4) is 6.01 Å². The third-order valence-electron chi connectivity index (χ3n) is 2.85. The maximum Gasteiger partial charge on any atom is 0.322 e. The first-order valence-corrected chi connectivity index (χ1v) is 6.25. The Morgan fingerprint density at radius 1 is 1.29 bits per heavy atom. The van der Waals surface area contributed by atoms with Gasteiger partial charge < -0.3 is 9.64 Å². The molecule has 0 aliphatic heterocycles. The molecule has 94 valence electrons. The Bertz CT molecular complexity index is 395. The van der Waals surface area contributed by atoms with Crippen LogP contribution in [0.15, 0.2) is 0 Å². The van der Waals surface area contributed by atoms with Crippen molar-refractivity contribution in [2.75, 3.05) is 11.9 Å². The van der Waals surface area contributed by atoms with Crippen LogP contribution in [0.4, 0.5) is 5.95 Å². The van der Waals surface area contributed by atoms with E-state index in [1.807, 2.05) is 25.8 Å². The van der Waals surface area contributed by atoms with E-state index in [4.69, 9.17) is 16.3 Å². The summed E-state index contributed by atoms with van der Waals surface area (Å²) in [6, 6.07) is 0.807. The SMILES string of the molecule is CC(C)Oc1nc(Cl)nc(N(C)C2CCC2)n1. The summed E-state index contributed by atoms with van der Waals surface area (Å²) in [5.41, 5.74) is 0. The summed E-state index contributed by atoms with van der Waals surface area (Å²) in [7, 11) is 1.98. The number of halogens is 1. The standard InChI is InChI=1S/C11H17ClN4O/c1-7(2)17-11-14-9(12)13-10(15-11)16(3)8-5-4-6-8/h7-8H,4-6H2,1-3H3. The first-order chi connectivity index (χ1) is 8.06. The van der Waals surface area contributed by atoms with Gasteiger partial charge in [0.1, 0.15) is 0 Å². The molecule has 1 saturated carbocycles. The monoisotopic (exact) mass is 256 g/mol. The van der Waals surface area contributed by atoms with Gasteiger partial charge in [0.2, 0.25) is 11.2 Å². The fourth-order valence-electron chi connectivity index (χ4n) is 1.68. The van der Waals surface area contributed by atoms with E-state index in [0.29, 0.717) is 18.0 Å². The third kappa shape index (κ3) is 2.97. The molecule has 0 unspecified atom stereocenters. The van der Waals surface area contributed by atoms with E-state index in [1.165, 1.54) is 19.3 Å². The van der Waals surface area contributed by atoms with Crippen LogP contribution < -0.4 is 9.64 Å². The number of hydrogen-bond donors (Lipinski definition) is 0. The topological polar surface area (TPSA) is 51.1 Å². The molecule has 2 rings (SSSR count). The van der Waals surface area contributed by atoms with Crippen molar-refractivity contribution in [1.82, 2.24) is 15.0 Å². The fraction of sp³-hybridized carbons (Fsp3) is 0.727. The quantitative estimate of drug-likeness (QED) is 0.827. The minimum Gasteiger partial charge on any atom is -0.461 e. The smallest absolute Gasteiger partial charge is 0.322 e. The van der Waals surface area contributed by atoms with Gasteiger partial charge in [-0.25, -0.2) is 0 Å². The highest BCUT2D eigenvalue weighted by atomic mass is 35.5. The van der Waals surface area contributed by atoms with E-state index in [-0.39, 0.29) is 11.4 Å². The number of rotatable bonds is 4. The molecule has 0 N–H and O–H groups in total. The van der Waals surface area contributed by atoms with Gasteiger partial charge in [-0.05, 0) is 44.7 Å². The van der Waals surface area contributed by atoms with Crippen LogP contribution in [-0.4, -0.2) is 34.1 Å². The molecule has 0 radical (unpaired) electrons. The maximum atomic E-state index is 5.87. The summed E-state index contributed by atoms with van der Waals surface area (Å²) in [6.07, 6.45) is 3.65. The van der Waals surface area contributed by atoms with Crippen molar-refractivity contribution >= 4 is 17.5 Å². The molecule has 0 amide bonds. The molecule has 1 aliphatic carbocycles. The van der Waals surface area contributed by atoms with E-state index in [2.05, 4.69) is 15.0 Å². The maximum absolute atomic E-state index is 5.87. The highest BCUT2D eigenvalue weighted by molar-refractivity contribution is 6.28. The van der Waals surface area contributed by atoms with Crippen LogP contribution >= 0.6 is 11.6 Å². The Hall–Kier alpha value is -1.10. The highest BCUT2D eigenvalue weighted by Gasteiger charge is 2.24. The van der Waals surface area contributed by atoms with Gasteiger partial charge in [0.05, 0.1) is 6.10 Å². The summed E-state index contributed by atoms with van der Waals surface area (Å²) in [5, 5.41) is 0.178. The van der Waals surface area contributed by atoms with Crippen LogP contribution in [0.1, 0.15) is 33.1 Å². The Morgan fingerprint density at radius 2 is 2.00 bits per heavy atom. The van der Waals surface area contributed by atoms with E-state index in [0.717, 1.165) is 0 Å². The van der Waals surface area contributed by atoms with E-state index < -0.39 is 0 Å². The molecule has 5 nitrogen and oxygen atoms in total. The Morgan fingerprint density at radius 3 is 2.53 bits per heavy atom. The van der Waals surface area contributed by atoms with Crippen molar-refractivity contribution in [2.45, 2.75) is 45.3 Å². The first kappa shape index (κ1) is 12.4. The lowest BCUT2D eigenvalue weighted by Crippen LogP contribution is -2.38. The normalized spacial score (nSPS) is 15.8. The van der Waals surface area contributed by atoms with E-state index in [9.17, 15) is 0 Å². The van der Waals surface area contributed by atoms with Crippen molar-refractivity contribution in [3.63, 3.8) is 0 Å². The lowest BCUT2D eigenvalue weighted by molar-refractivity contribution is 0.221. The lowest BCUT2D eigenvalue weighted by Gasteiger charge is -2.34. The molecule has 0 atom stereocenters. The van der Waals surface area contributed by atoms with E-state index >= 15 is 0 Å². The number of hydrogen-bond acceptors (Lipinski definition) is 5. The van der Waals surface area contributed by atoms with Crippen LogP contribution in [-0.2, 0) is 0 Å². The molecule has 1 heterocycles. The van der Waals surface area contributed by atoms with Gasteiger partial charge in [-0.1, -0.05) is 0 Å². The molecular weight excluding hydrogens is 240 g/mol. The molecule has 0 bridgehead atoms. The summed E-state index contributed by atoms with van der Waals surface area (Å²) < 4.78 is 5.44. The second-order valence-electron chi connectivity index (χ2n) is 4.55. The zero-order valence-electron chi connectivity index (χ0n) is 10.4. The number of ether oxygens (including phenoxy) is 1. The second-order valence-corrected chi connectivity index (χ2v) is 4.89. The summed E-state index contributed by atoms with van der Waals surface area (Å²) >= 11 is 5.87. The summed E-state index contributed by atoms with van der Waals surface area (Å²) in [6.45, 7) is 3.85. The van der Waals surface area contributed by atoms with Gasteiger partial charge in [0.25, 0.3) is 0 Å². The Labute approximate surface area is 106 Å². The number of anilines is 1. The van der Waals surface area contributed by atoms with Gasteiger partial charge in [0.15, 0.2) is 0 Å². The zero-order chi connectivity index (χ0) is 12.4. The van der Waals surface area contributed by atoms with Gasteiger partial charge in [0, 0.05) is 13.1 Å². The van der Waals surface area contributed by atoms with Gasteiger partial charge >= 0.3 is 6.01 Å². The minimum atomic E-state index is 0.0234. The van der Waals surface area contributed by atoms with Crippen LogP contribution in [0.3, 0.4) is 0 Å². The van der Waals surface area contributed by atoms with Gasteiger partial charge in [-0.2, -0.15) is 15.0 Å². The predicted molar refractivity (Wildman–Crippen MR) is 66.6 cm³/mol. The average Bonchev–Trinajstić information content (AvgIpc) is 2.12. The molecule has 17 heavy (non-hydrogen) atoms. The third-order valence-corrected chi connectivity index (χ3v) is 3.02. The van der Waals surface area contributed by atoms with Crippen LogP contribution in [0.2, 0.25) is 5.28 Å². The molecule has 0 saturated heterocycles. The number of nitrogens with zero attached hydrogens (tertiary/aromatic N) is 4. The Balaban J connectivity index is 2.18. The first-order valence-electron chi connectivity index (χ1n) is 5.87. The Kier molecular flexibility index (Phi) is 3.66. The van der Waals surface area contributed by atoms with Gasteiger partial charge in [-0.15, -0.1) is 0 Å². The minimum absolute atomic E-state index is 0.0234. The molecule has 0 aromatic carbocycles. The summed E-state index contributed by atoms with van der Waals surface area (Å²) in [4.78, 5) is 14.4. The fourth-order valence-corrected chi connectivity index (χ4v) is 1.83. The largest absolute Gasteiger partial charge is 0.461 e. The molecule has 6 heteroatoms. The molecule has 0 spiro atoms. The molecular formula is C11H17ClN4O. The molecule has 1 aliphatic rings. The van der Waals surface area contributed by atoms with Crippen LogP contribution in [0.25, 0.3) is 0 Å². The molecule has 1 aromatic heterocycles. The van der Waals surface area contributed by atoms with Crippen LogP contribution in [0, 0.1) is 0 Å².